The SMILES string of the molecule is CCCCC(=O)Oc1ccc2c(c1)CC[C@H]1[C@H]3CC[C@H](OC(=O)CCCC)[C@@]3(C)CC[C@@H]21. The minimum Gasteiger partial charge on any atom is -0.462 e. The lowest BCUT2D eigenvalue weighted by Crippen LogP contribution is -2.45. The number of benzene rings is 1. The fourth-order valence-corrected chi connectivity index (χ4v) is 6.81. The molecule has 176 valence electrons. The lowest BCUT2D eigenvalue weighted by atomic mass is 9.55. The van der Waals surface area contributed by atoms with E-state index < -0.39 is 0 Å². The summed E-state index contributed by atoms with van der Waals surface area (Å²) in [5, 5.41) is 0. The van der Waals surface area contributed by atoms with E-state index in [0.717, 1.165) is 51.4 Å². The Morgan fingerprint density at radius 1 is 1.00 bits per heavy atom. The molecule has 2 fully saturated rings. The van der Waals surface area contributed by atoms with E-state index in [4.69, 9.17) is 9.47 Å². The molecule has 2 saturated carbocycles. The Labute approximate surface area is 193 Å². The summed E-state index contributed by atoms with van der Waals surface area (Å²) in [5.41, 5.74) is 2.94. The maximum absolute atomic E-state index is 12.3. The van der Waals surface area contributed by atoms with Gasteiger partial charge in [-0.15, -0.1) is 0 Å². The van der Waals surface area contributed by atoms with Crippen LogP contribution in [-0.2, 0) is 20.7 Å². The van der Waals surface area contributed by atoms with Gasteiger partial charge < -0.3 is 9.47 Å². The predicted octanol–water partition coefficient (Wildman–Crippen LogP) is 6.74. The summed E-state index contributed by atoms with van der Waals surface area (Å²) in [7, 11) is 0. The van der Waals surface area contributed by atoms with E-state index >= 15 is 0 Å². The van der Waals surface area contributed by atoms with Crippen LogP contribution in [0.2, 0.25) is 0 Å². The van der Waals surface area contributed by atoms with E-state index in [1.807, 2.05) is 6.07 Å². The monoisotopic (exact) mass is 440 g/mol. The van der Waals surface area contributed by atoms with Crippen molar-refractivity contribution in [2.24, 2.45) is 17.3 Å². The molecule has 0 spiro atoms. The molecular formula is C28H40O4. The highest BCUT2D eigenvalue weighted by molar-refractivity contribution is 5.72. The molecule has 0 saturated heterocycles. The quantitative estimate of drug-likeness (QED) is 0.332. The normalized spacial score (nSPS) is 30.7. The maximum atomic E-state index is 12.3. The fourth-order valence-electron chi connectivity index (χ4n) is 6.81. The molecule has 0 aromatic heterocycles. The molecule has 3 aliphatic rings. The van der Waals surface area contributed by atoms with Crippen LogP contribution in [0, 0.1) is 17.3 Å². The first-order valence-corrected chi connectivity index (χ1v) is 13.0. The summed E-state index contributed by atoms with van der Waals surface area (Å²) >= 11 is 0. The number of hydrogen-bond acceptors (Lipinski definition) is 4. The van der Waals surface area contributed by atoms with Crippen LogP contribution < -0.4 is 4.74 Å². The van der Waals surface area contributed by atoms with Crippen LogP contribution in [0.3, 0.4) is 0 Å². The average Bonchev–Trinajstić information content (AvgIpc) is 3.12. The van der Waals surface area contributed by atoms with Crippen molar-refractivity contribution in [3.63, 3.8) is 0 Å². The minimum absolute atomic E-state index is 0.00384. The third-order valence-corrected chi connectivity index (χ3v) is 8.59. The highest BCUT2D eigenvalue weighted by Gasteiger charge is 2.56. The van der Waals surface area contributed by atoms with Gasteiger partial charge in [0.25, 0.3) is 0 Å². The molecule has 4 rings (SSSR count). The smallest absolute Gasteiger partial charge is 0.311 e. The molecule has 1 aromatic rings. The summed E-state index contributed by atoms with van der Waals surface area (Å²) in [6.45, 7) is 6.58. The summed E-state index contributed by atoms with van der Waals surface area (Å²) in [6.07, 6.45) is 11.7. The van der Waals surface area contributed by atoms with Gasteiger partial charge >= 0.3 is 11.9 Å². The Bertz CT molecular complexity index is 831. The molecule has 0 amide bonds. The van der Waals surface area contributed by atoms with Gasteiger partial charge in [0.15, 0.2) is 0 Å². The Kier molecular flexibility index (Phi) is 7.27. The second-order valence-electron chi connectivity index (χ2n) is 10.6. The zero-order chi connectivity index (χ0) is 22.7. The highest BCUT2D eigenvalue weighted by Crippen LogP contribution is 2.61. The van der Waals surface area contributed by atoms with Gasteiger partial charge in [0.05, 0.1) is 0 Å². The molecule has 0 unspecified atom stereocenters. The highest BCUT2D eigenvalue weighted by atomic mass is 16.5. The first-order chi connectivity index (χ1) is 15.5. The van der Waals surface area contributed by atoms with E-state index in [-0.39, 0.29) is 23.5 Å². The van der Waals surface area contributed by atoms with Crippen molar-refractivity contribution in [3.05, 3.63) is 29.3 Å². The van der Waals surface area contributed by atoms with Gasteiger partial charge in [-0.3, -0.25) is 9.59 Å². The molecule has 4 heteroatoms. The standard InChI is InChI=1S/C28H40O4/c1-4-6-8-26(29)31-20-11-13-21-19(18-20)10-12-23-22(21)16-17-28(3)24(23)14-15-25(28)32-27(30)9-7-5-2/h11,13,18,22-25H,4-10,12,14-17H2,1-3H3/t22-,23+,24+,25-,28-/m0/s1. The molecular weight excluding hydrogens is 400 g/mol. The summed E-state index contributed by atoms with van der Waals surface area (Å²) < 4.78 is 11.6. The van der Waals surface area contributed by atoms with E-state index in [1.54, 1.807) is 0 Å². The molecule has 0 bridgehead atoms. The number of ether oxygens (including phenoxy) is 2. The number of fused-ring (bicyclic) bond motifs is 5. The summed E-state index contributed by atoms with van der Waals surface area (Å²) in [6, 6.07) is 6.32. The third kappa shape index (κ3) is 4.61. The van der Waals surface area contributed by atoms with Crippen molar-refractivity contribution in [1.82, 2.24) is 0 Å². The first-order valence-electron chi connectivity index (χ1n) is 13.0. The fraction of sp³-hybridized carbons (Fsp3) is 0.714. The summed E-state index contributed by atoms with van der Waals surface area (Å²) in [4.78, 5) is 24.4. The van der Waals surface area contributed by atoms with Crippen molar-refractivity contribution in [2.45, 2.75) is 110 Å². The van der Waals surface area contributed by atoms with E-state index in [9.17, 15) is 9.59 Å². The largest absolute Gasteiger partial charge is 0.462 e. The van der Waals surface area contributed by atoms with Crippen LogP contribution in [0.5, 0.6) is 5.75 Å². The van der Waals surface area contributed by atoms with Gasteiger partial charge in [0.2, 0.25) is 0 Å². The summed E-state index contributed by atoms with van der Waals surface area (Å²) in [5.74, 6) is 2.44. The number of esters is 2. The van der Waals surface area contributed by atoms with Crippen LogP contribution in [0.25, 0.3) is 0 Å². The van der Waals surface area contributed by atoms with Crippen molar-refractivity contribution in [2.75, 3.05) is 0 Å². The van der Waals surface area contributed by atoms with Crippen molar-refractivity contribution in [3.8, 4) is 5.75 Å². The van der Waals surface area contributed by atoms with Crippen LogP contribution in [0.4, 0.5) is 0 Å². The van der Waals surface area contributed by atoms with Gasteiger partial charge in [-0.25, -0.2) is 0 Å². The first kappa shape index (κ1) is 23.3. The maximum Gasteiger partial charge on any atom is 0.311 e. The molecule has 0 aliphatic heterocycles. The zero-order valence-corrected chi connectivity index (χ0v) is 20.2. The Hall–Kier alpha value is -1.84. The molecule has 1 aromatic carbocycles. The molecule has 0 radical (unpaired) electrons. The zero-order valence-electron chi connectivity index (χ0n) is 20.2. The molecule has 0 heterocycles. The van der Waals surface area contributed by atoms with E-state index in [1.165, 1.54) is 24.0 Å². The Morgan fingerprint density at radius 2 is 1.75 bits per heavy atom. The lowest BCUT2D eigenvalue weighted by Gasteiger charge is -2.50. The number of hydrogen-bond donors (Lipinski definition) is 0. The van der Waals surface area contributed by atoms with Crippen molar-refractivity contribution >= 4 is 11.9 Å². The number of carbonyl (C=O) groups is 2. The molecule has 5 atom stereocenters. The van der Waals surface area contributed by atoms with Crippen LogP contribution in [0.1, 0.15) is 108 Å². The Morgan fingerprint density at radius 3 is 2.50 bits per heavy atom. The number of unbranched alkanes of at least 4 members (excludes halogenated alkanes) is 2. The van der Waals surface area contributed by atoms with Gasteiger partial charge in [-0.05, 0) is 92.4 Å². The molecule has 3 aliphatic carbocycles. The van der Waals surface area contributed by atoms with Crippen molar-refractivity contribution in [1.29, 1.82) is 0 Å². The van der Waals surface area contributed by atoms with Crippen molar-refractivity contribution < 1.29 is 19.1 Å². The van der Waals surface area contributed by atoms with Crippen LogP contribution in [-0.4, -0.2) is 18.0 Å². The second-order valence-corrected chi connectivity index (χ2v) is 10.6. The predicted molar refractivity (Wildman–Crippen MR) is 126 cm³/mol. The molecule has 0 N–H and O–H groups in total. The second kappa shape index (κ2) is 9.97. The van der Waals surface area contributed by atoms with Crippen LogP contribution >= 0.6 is 0 Å². The van der Waals surface area contributed by atoms with Gasteiger partial charge in [0.1, 0.15) is 11.9 Å². The topological polar surface area (TPSA) is 52.6 Å². The van der Waals surface area contributed by atoms with Gasteiger partial charge in [0, 0.05) is 18.3 Å². The number of carbonyl (C=O) groups excluding carboxylic acids is 2. The Balaban J connectivity index is 1.44. The average molecular weight is 441 g/mol. The minimum atomic E-state index is -0.126. The van der Waals surface area contributed by atoms with Crippen LogP contribution in [0.15, 0.2) is 18.2 Å². The van der Waals surface area contributed by atoms with Gasteiger partial charge in [-0.2, -0.15) is 0 Å². The lowest BCUT2D eigenvalue weighted by molar-refractivity contribution is -0.157. The molecule has 4 nitrogen and oxygen atoms in total. The third-order valence-electron chi connectivity index (χ3n) is 8.59. The number of rotatable bonds is 8. The van der Waals surface area contributed by atoms with E-state index in [0.29, 0.717) is 36.3 Å². The van der Waals surface area contributed by atoms with Gasteiger partial charge in [-0.1, -0.05) is 39.7 Å². The van der Waals surface area contributed by atoms with E-state index in [2.05, 4.69) is 32.9 Å². The number of aryl methyl sites for hydroxylation is 1. The molecule has 32 heavy (non-hydrogen) atoms.